The summed E-state index contributed by atoms with van der Waals surface area (Å²) in [7, 11) is 0. The van der Waals surface area contributed by atoms with Crippen LogP contribution in [-0.2, 0) is 0 Å². The minimum Gasteiger partial charge on any atom is -0.310 e. The highest BCUT2D eigenvalue weighted by Gasteiger charge is 2.15. The zero-order valence-electron chi connectivity index (χ0n) is 16.7. The van der Waals surface area contributed by atoms with Crippen LogP contribution in [0.2, 0.25) is 0 Å². The van der Waals surface area contributed by atoms with Gasteiger partial charge in [0.25, 0.3) is 0 Å². The predicted octanol–water partition coefficient (Wildman–Crippen LogP) is 9.50. The lowest BCUT2D eigenvalue weighted by molar-refractivity contribution is 1.30. The van der Waals surface area contributed by atoms with Gasteiger partial charge in [0, 0.05) is 25.7 Å². The SMILES string of the molecule is Brc1cc(Br)cc(-c2ccc(N(c3ccccc3)c3cccc4ccccc34)cc2)c1. The molecule has 0 aromatic heterocycles. The first-order valence-corrected chi connectivity index (χ1v) is 11.7. The molecule has 31 heavy (non-hydrogen) atoms. The van der Waals surface area contributed by atoms with E-state index in [0.29, 0.717) is 0 Å². The zero-order valence-corrected chi connectivity index (χ0v) is 19.8. The van der Waals surface area contributed by atoms with Crippen LogP contribution in [0.4, 0.5) is 17.1 Å². The average Bonchev–Trinajstić information content (AvgIpc) is 2.80. The molecule has 150 valence electrons. The molecule has 0 N–H and O–H groups in total. The van der Waals surface area contributed by atoms with Crippen molar-refractivity contribution in [3.05, 3.63) is 124 Å². The van der Waals surface area contributed by atoms with Crippen molar-refractivity contribution in [1.29, 1.82) is 0 Å². The Morgan fingerprint density at radius 2 is 1.10 bits per heavy atom. The van der Waals surface area contributed by atoms with Gasteiger partial charge in [-0.25, -0.2) is 0 Å². The molecule has 0 aliphatic rings. The number of fused-ring (bicyclic) bond motifs is 1. The normalized spacial score (nSPS) is 10.9. The van der Waals surface area contributed by atoms with Crippen LogP contribution in [0.15, 0.2) is 124 Å². The average molecular weight is 529 g/mol. The van der Waals surface area contributed by atoms with Gasteiger partial charge in [-0.15, -0.1) is 0 Å². The molecule has 0 heterocycles. The van der Waals surface area contributed by atoms with Crippen molar-refractivity contribution in [3.8, 4) is 11.1 Å². The van der Waals surface area contributed by atoms with E-state index in [0.717, 1.165) is 20.3 Å². The van der Waals surface area contributed by atoms with Crippen LogP contribution in [0.1, 0.15) is 0 Å². The Kier molecular flexibility index (Phi) is 5.63. The summed E-state index contributed by atoms with van der Waals surface area (Å²) >= 11 is 7.19. The van der Waals surface area contributed by atoms with Crippen LogP contribution in [0.5, 0.6) is 0 Å². The van der Waals surface area contributed by atoms with E-state index in [1.54, 1.807) is 0 Å². The monoisotopic (exact) mass is 527 g/mol. The summed E-state index contributed by atoms with van der Waals surface area (Å²) in [5.41, 5.74) is 5.78. The molecule has 0 amide bonds. The van der Waals surface area contributed by atoms with Gasteiger partial charge in [-0.3, -0.25) is 0 Å². The van der Waals surface area contributed by atoms with Crippen molar-refractivity contribution < 1.29 is 0 Å². The molecule has 0 saturated carbocycles. The third-order valence-electron chi connectivity index (χ3n) is 5.34. The molecule has 0 fully saturated rings. The van der Waals surface area contributed by atoms with Gasteiger partial charge in [0.15, 0.2) is 0 Å². The van der Waals surface area contributed by atoms with Crippen LogP contribution in [0.25, 0.3) is 21.9 Å². The van der Waals surface area contributed by atoms with Crippen molar-refractivity contribution in [1.82, 2.24) is 0 Å². The van der Waals surface area contributed by atoms with E-state index in [4.69, 9.17) is 0 Å². The fourth-order valence-electron chi connectivity index (χ4n) is 3.93. The molecule has 5 aromatic carbocycles. The standard InChI is InChI=1S/C28H19Br2N/c29-23-17-22(18-24(30)19-23)20-13-15-26(16-14-20)31(25-9-2-1-3-10-25)28-12-6-8-21-7-4-5-11-27(21)28/h1-19H. The van der Waals surface area contributed by atoms with Crippen molar-refractivity contribution in [2.24, 2.45) is 0 Å². The maximum Gasteiger partial charge on any atom is 0.0540 e. The summed E-state index contributed by atoms with van der Waals surface area (Å²) in [4.78, 5) is 2.32. The molecule has 5 rings (SSSR count). The van der Waals surface area contributed by atoms with Gasteiger partial charge >= 0.3 is 0 Å². The Morgan fingerprint density at radius 3 is 1.84 bits per heavy atom. The maximum atomic E-state index is 3.59. The number of nitrogens with zero attached hydrogens (tertiary/aromatic N) is 1. The predicted molar refractivity (Wildman–Crippen MR) is 139 cm³/mol. The fourth-order valence-corrected chi connectivity index (χ4v) is 5.22. The quantitative estimate of drug-likeness (QED) is 0.224. The molecule has 0 aliphatic heterocycles. The lowest BCUT2D eigenvalue weighted by Gasteiger charge is -2.27. The third-order valence-corrected chi connectivity index (χ3v) is 6.26. The molecular formula is C28H19Br2N. The van der Waals surface area contributed by atoms with Gasteiger partial charge in [-0.05, 0) is 65.0 Å². The lowest BCUT2D eigenvalue weighted by Crippen LogP contribution is -2.10. The summed E-state index contributed by atoms with van der Waals surface area (Å²) in [6, 6.07) is 40.6. The van der Waals surface area contributed by atoms with Crippen LogP contribution in [0.3, 0.4) is 0 Å². The van der Waals surface area contributed by atoms with Gasteiger partial charge in [0.2, 0.25) is 0 Å². The van der Waals surface area contributed by atoms with E-state index in [1.165, 1.54) is 27.6 Å². The number of hydrogen-bond acceptors (Lipinski definition) is 1. The summed E-state index contributed by atoms with van der Waals surface area (Å²) in [5.74, 6) is 0. The summed E-state index contributed by atoms with van der Waals surface area (Å²) in [6.07, 6.45) is 0. The molecule has 0 bridgehead atoms. The Morgan fingerprint density at radius 1 is 0.484 bits per heavy atom. The van der Waals surface area contributed by atoms with Gasteiger partial charge in [0.05, 0.1) is 5.69 Å². The Balaban J connectivity index is 1.64. The second-order valence-corrected chi connectivity index (χ2v) is 9.21. The maximum absolute atomic E-state index is 3.59. The Hall–Kier alpha value is -2.88. The second kappa shape index (κ2) is 8.70. The van der Waals surface area contributed by atoms with Gasteiger partial charge in [0.1, 0.15) is 0 Å². The smallest absolute Gasteiger partial charge is 0.0540 e. The number of hydrogen-bond donors (Lipinski definition) is 0. The van der Waals surface area contributed by atoms with Crippen LogP contribution >= 0.6 is 31.9 Å². The van der Waals surface area contributed by atoms with Crippen molar-refractivity contribution in [2.45, 2.75) is 0 Å². The fraction of sp³-hybridized carbons (Fsp3) is 0. The Labute approximate surface area is 199 Å². The number of anilines is 3. The van der Waals surface area contributed by atoms with Gasteiger partial charge in [-0.1, -0.05) is 98.6 Å². The Bertz CT molecular complexity index is 1320. The van der Waals surface area contributed by atoms with Gasteiger partial charge < -0.3 is 4.90 Å². The van der Waals surface area contributed by atoms with Gasteiger partial charge in [-0.2, -0.15) is 0 Å². The highest BCUT2D eigenvalue weighted by molar-refractivity contribution is 9.11. The van der Waals surface area contributed by atoms with E-state index in [-0.39, 0.29) is 0 Å². The number of benzene rings is 5. The molecule has 5 aromatic rings. The first kappa shape index (κ1) is 20.0. The van der Waals surface area contributed by atoms with Crippen LogP contribution < -0.4 is 4.90 Å². The minimum atomic E-state index is 1.06. The molecule has 0 saturated heterocycles. The summed E-state index contributed by atoms with van der Waals surface area (Å²) in [6.45, 7) is 0. The summed E-state index contributed by atoms with van der Waals surface area (Å²) in [5, 5.41) is 2.46. The highest BCUT2D eigenvalue weighted by Crippen LogP contribution is 2.39. The molecule has 0 unspecified atom stereocenters. The molecule has 3 heteroatoms. The van der Waals surface area contributed by atoms with E-state index in [9.17, 15) is 0 Å². The van der Waals surface area contributed by atoms with Crippen molar-refractivity contribution in [2.75, 3.05) is 4.90 Å². The molecular weight excluding hydrogens is 510 g/mol. The third kappa shape index (κ3) is 4.16. The zero-order chi connectivity index (χ0) is 21.2. The first-order chi connectivity index (χ1) is 15.2. The second-order valence-electron chi connectivity index (χ2n) is 7.37. The first-order valence-electron chi connectivity index (χ1n) is 10.1. The molecule has 0 atom stereocenters. The van der Waals surface area contributed by atoms with Crippen molar-refractivity contribution >= 4 is 59.7 Å². The molecule has 0 radical (unpaired) electrons. The molecule has 1 nitrogen and oxygen atoms in total. The van der Waals surface area contributed by atoms with Crippen LogP contribution in [0, 0.1) is 0 Å². The topological polar surface area (TPSA) is 3.24 Å². The van der Waals surface area contributed by atoms with E-state index in [2.05, 4.69) is 152 Å². The number of halogens is 2. The number of para-hydroxylation sites is 1. The minimum absolute atomic E-state index is 1.06. The van der Waals surface area contributed by atoms with E-state index < -0.39 is 0 Å². The highest BCUT2D eigenvalue weighted by atomic mass is 79.9. The van der Waals surface area contributed by atoms with E-state index in [1.807, 2.05) is 0 Å². The van der Waals surface area contributed by atoms with E-state index >= 15 is 0 Å². The summed E-state index contributed by atoms with van der Waals surface area (Å²) < 4.78 is 2.12. The largest absolute Gasteiger partial charge is 0.310 e. The lowest BCUT2D eigenvalue weighted by atomic mass is 10.0. The van der Waals surface area contributed by atoms with Crippen molar-refractivity contribution in [3.63, 3.8) is 0 Å². The number of rotatable bonds is 4. The molecule has 0 aliphatic carbocycles. The van der Waals surface area contributed by atoms with Crippen LogP contribution in [-0.4, -0.2) is 0 Å². The molecule has 0 spiro atoms.